The molecule has 0 aliphatic carbocycles. The Hall–Kier alpha value is -4.19. The lowest BCUT2D eigenvalue weighted by atomic mass is 9.82. The van der Waals surface area contributed by atoms with E-state index in [1.54, 1.807) is 31.4 Å². The molecule has 0 bridgehead atoms. The van der Waals surface area contributed by atoms with Gasteiger partial charge in [-0.1, -0.05) is 80.5 Å². The molecule has 0 heterocycles. The first-order chi connectivity index (χ1) is 23.3. The average Bonchev–Trinajstić information content (AvgIpc) is 3.03. The number of aliphatic carboxylic acids is 3. The molecule has 0 saturated carbocycles. The number of rotatable bonds is 27. The molecule has 1 amide bonds. The highest BCUT2D eigenvalue weighted by Gasteiger charge is 2.49. The zero-order valence-electron chi connectivity index (χ0n) is 29.5. The van der Waals surface area contributed by atoms with Gasteiger partial charge in [-0.15, -0.1) is 0 Å². The normalized spacial score (nSPS) is 14.0. The molecule has 274 valence electrons. The first-order valence-corrected chi connectivity index (χ1v) is 17.1. The third kappa shape index (κ3) is 17.7. The van der Waals surface area contributed by atoms with Gasteiger partial charge in [0.25, 0.3) is 0 Å². The molecule has 0 saturated heterocycles. The molecule has 3 atom stereocenters. The van der Waals surface area contributed by atoms with Crippen LogP contribution in [0.4, 0.5) is 0 Å². The third-order valence-electron chi connectivity index (χ3n) is 8.01. The van der Waals surface area contributed by atoms with Crippen molar-refractivity contribution in [1.29, 1.82) is 0 Å². The van der Waals surface area contributed by atoms with E-state index in [-0.39, 0.29) is 6.42 Å². The number of allylic oxidation sites excluding steroid dienone is 2. The fraction of sp³-hybridized carbons (Fsp3) is 0.595. The Morgan fingerprint density at radius 1 is 0.918 bits per heavy atom. The summed E-state index contributed by atoms with van der Waals surface area (Å²) in [6.07, 6.45) is 14.6. The molecule has 0 fully saturated rings. The van der Waals surface area contributed by atoms with Crippen LogP contribution in [0.25, 0.3) is 0 Å². The largest absolute Gasteiger partial charge is 0.490 e. The fourth-order valence-electron chi connectivity index (χ4n) is 5.19. The quantitative estimate of drug-likeness (QED) is 0.0303. The molecule has 12 nitrogen and oxygen atoms in total. The van der Waals surface area contributed by atoms with Gasteiger partial charge in [0.05, 0.1) is 18.1 Å². The van der Waals surface area contributed by atoms with Crippen molar-refractivity contribution in [1.82, 2.24) is 5.32 Å². The highest BCUT2D eigenvalue weighted by molar-refractivity contribution is 5.94. The van der Waals surface area contributed by atoms with Crippen molar-refractivity contribution in [2.24, 2.45) is 11.1 Å². The van der Waals surface area contributed by atoms with Crippen LogP contribution in [0.5, 0.6) is 5.75 Å². The van der Waals surface area contributed by atoms with Crippen LogP contribution in [0, 0.1) is 5.92 Å². The smallest absolute Gasteiger partial charge is 0.337 e. The van der Waals surface area contributed by atoms with Gasteiger partial charge in [-0.05, 0) is 76.1 Å². The molecule has 0 unspecified atom stereocenters. The van der Waals surface area contributed by atoms with Crippen molar-refractivity contribution in [3.8, 4) is 5.75 Å². The minimum atomic E-state index is -3.01. The van der Waals surface area contributed by atoms with Crippen LogP contribution >= 0.6 is 0 Å². The van der Waals surface area contributed by atoms with Crippen molar-refractivity contribution >= 4 is 29.5 Å². The van der Waals surface area contributed by atoms with Gasteiger partial charge in [0.1, 0.15) is 25.5 Å². The molecule has 5 N–H and O–H groups in total. The van der Waals surface area contributed by atoms with E-state index in [2.05, 4.69) is 17.4 Å². The molecule has 0 aromatic heterocycles. The van der Waals surface area contributed by atoms with Gasteiger partial charge in [-0.25, -0.2) is 9.59 Å². The van der Waals surface area contributed by atoms with Crippen molar-refractivity contribution in [2.75, 3.05) is 13.7 Å². The van der Waals surface area contributed by atoms with Crippen LogP contribution in [0.1, 0.15) is 110 Å². The predicted molar refractivity (Wildman–Crippen MR) is 188 cm³/mol. The van der Waals surface area contributed by atoms with Crippen LogP contribution in [0.15, 0.2) is 53.2 Å². The van der Waals surface area contributed by atoms with Crippen LogP contribution in [0.3, 0.4) is 0 Å². The second-order valence-corrected chi connectivity index (χ2v) is 12.5. The molecule has 1 rings (SSSR count). The summed E-state index contributed by atoms with van der Waals surface area (Å²) in [5.41, 5.74) is -0.311. The molecule has 49 heavy (non-hydrogen) atoms. The molecule has 0 radical (unpaired) electrons. The van der Waals surface area contributed by atoms with E-state index in [4.69, 9.17) is 9.57 Å². The van der Waals surface area contributed by atoms with Crippen LogP contribution in [-0.2, 0) is 30.4 Å². The second-order valence-electron chi connectivity index (χ2n) is 12.5. The van der Waals surface area contributed by atoms with Crippen LogP contribution < -0.4 is 10.1 Å². The summed E-state index contributed by atoms with van der Waals surface area (Å²) < 4.78 is 5.62. The summed E-state index contributed by atoms with van der Waals surface area (Å²) in [6.45, 7) is 6.45. The van der Waals surface area contributed by atoms with E-state index >= 15 is 0 Å². The summed E-state index contributed by atoms with van der Waals surface area (Å²) in [4.78, 5) is 54.1. The van der Waals surface area contributed by atoms with Gasteiger partial charge < -0.3 is 35.3 Å². The van der Waals surface area contributed by atoms with Crippen LogP contribution in [-0.4, -0.2) is 75.3 Å². The highest BCUT2D eigenvalue weighted by atomic mass is 16.6. The Morgan fingerprint density at radius 3 is 2.06 bits per heavy atom. The lowest BCUT2D eigenvalue weighted by molar-refractivity contribution is -0.172. The maximum absolute atomic E-state index is 13.4. The van der Waals surface area contributed by atoms with Gasteiger partial charge >= 0.3 is 17.9 Å². The molecule has 0 spiro atoms. The first kappa shape index (κ1) is 42.8. The third-order valence-corrected chi connectivity index (χ3v) is 8.01. The molecular weight excluding hydrogens is 632 g/mol. The van der Waals surface area contributed by atoms with Crippen molar-refractivity contribution in [3.05, 3.63) is 53.6 Å². The number of ether oxygens (including phenoxy) is 1. The van der Waals surface area contributed by atoms with Crippen LogP contribution in [0.2, 0.25) is 0 Å². The van der Waals surface area contributed by atoms with E-state index in [0.29, 0.717) is 30.8 Å². The number of hydrogen-bond donors (Lipinski definition) is 5. The Morgan fingerprint density at radius 2 is 1.53 bits per heavy atom. The zero-order chi connectivity index (χ0) is 36.7. The van der Waals surface area contributed by atoms with E-state index in [1.807, 2.05) is 19.9 Å². The van der Waals surface area contributed by atoms with E-state index in [1.165, 1.54) is 31.8 Å². The Bertz CT molecular complexity index is 1250. The number of oxime groups is 1. The summed E-state index contributed by atoms with van der Waals surface area (Å²) in [6, 6.07) is 5.15. The summed E-state index contributed by atoms with van der Waals surface area (Å²) in [5.74, 6) is -7.33. The number of unbranched alkanes of at least 4 members (excludes halogenated alkanes) is 8. The minimum absolute atomic E-state index is 0.147. The van der Waals surface area contributed by atoms with Gasteiger partial charge in [-0.3, -0.25) is 9.59 Å². The van der Waals surface area contributed by atoms with Gasteiger partial charge in [-0.2, -0.15) is 0 Å². The number of benzene rings is 1. The van der Waals surface area contributed by atoms with Gasteiger partial charge in [0.2, 0.25) is 5.91 Å². The van der Waals surface area contributed by atoms with E-state index in [0.717, 1.165) is 55.9 Å². The Kier molecular flexibility index (Phi) is 21.0. The van der Waals surface area contributed by atoms with Crippen molar-refractivity contribution in [3.63, 3.8) is 0 Å². The number of hydrogen-bond acceptors (Lipinski definition) is 8. The standard InChI is InChI=1S/C37H56N2O10/c1-5-6-7-10-13-16-29(39-48-4)17-14-11-8-9-12-15-18-31(37(47,36(45)46)26-33(40)41)34(42)38-32(35(43)44)25-28-19-21-30(22-20-28)49-24-23-27(2)3/h15,18-23,31-32,47H,5-14,16-17,24-26H2,1-4H3,(H,38,42)(H,40,41)(H,43,44)(H,45,46)/t31-,32+,37+/m1/s1. The summed E-state index contributed by atoms with van der Waals surface area (Å²) >= 11 is 0. The number of carbonyl (C=O) groups is 4. The monoisotopic (exact) mass is 688 g/mol. The molecular formula is C37H56N2O10. The lowest BCUT2D eigenvalue weighted by Gasteiger charge is -2.29. The number of amides is 1. The Labute approximate surface area is 290 Å². The number of carbonyl (C=O) groups excluding carboxylic acids is 1. The van der Waals surface area contributed by atoms with Gasteiger partial charge in [0.15, 0.2) is 5.60 Å². The van der Waals surface area contributed by atoms with Crippen molar-refractivity contribution < 1.29 is 49.2 Å². The number of carboxylic acids is 3. The topological polar surface area (TPSA) is 192 Å². The molecule has 0 aliphatic heterocycles. The Balaban J connectivity index is 2.87. The number of nitrogens with one attached hydrogen (secondary N) is 1. The molecule has 12 heteroatoms. The SMILES string of the molecule is CCCCCCCC(CCCCCCC=C[C@H](C(=O)N[C@@H](Cc1ccc(OCC=C(C)C)cc1)C(=O)O)[C@@](O)(CC(=O)O)C(=O)O)=NOC. The number of aliphatic hydroxyl groups is 1. The highest BCUT2D eigenvalue weighted by Crippen LogP contribution is 2.26. The summed E-state index contributed by atoms with van der Waals surface area (Å²) in [5, 5.41) is 46.4. The molecule has 1 aromatic rings. The molecule has 0 aliphatic rings. The molecule has 1 aromatic carbocycles. The maximum Gasteiger partial charge on any atom is 0.337 e. The van der Waals surface area contributed by atoms with E-state index in [9.17, 15) is 39.6 Å². The minimum Gasteiger partial charge on any atom is -0.490 e. The average molecular weight is 689 g/mol. The fourth-order valence-corrected chi connectivity index (χ4v) is 5.19. The first-order valence-electron chi connectivity index (χ1n) is 17.1. The maximum atomic E-state index is 13.4. The second kappa shape index (κ2) is 24.0. The summed E-state index contributed by atoms with van der Waals surface area (Å²) in [7, 11) is 1.54. The van der Waals surface area contributed by atoms with Gasteiger partial charge in [0, 0.05) is 6.42 Å². The number of nitrogens with zero attached hydrogens (tertiary/aromatic N) is 1. The van der Waals surface area contributed by atoms with E-state index < -0.39 is 47.8 Å². The zero-order valence-corrected chi connectivity index (χ0v) is 29.5. The predicted octanol–water partition coefficient (Wildman–Crippen LogP) is 6.31. The lowest BCUT2D eigenvalue weighted by Crippen LogP contribution is -2.55. The van der Waals surface area contributed by atoms with Crippen molar-refractivity contribution in [2.45, 2.75) is 122 Å². The number of carboxylic acid groups (broad SMARTS) is 3.